The van der Waals surface area contributed by atoms with Gasteiger partial charge in [-0.15, -0.1) is 5.10 Å². The van der Waals surface area contributed by atoms with Gasteiger partial charge in [0.05, 0.1) is 11.4 Å². The molecule has 22 heavy (non-hydrogen) atoms. The Morgan fingerprint density at radius 1 is 1.36 bits per heavy atom. The maximum Gasteiger partial charge on any atom is 0.428 e. The van der Waals surface area contributed by atoms with Crippen molar-refractivity contribution >= 4 is 11.8 Å². The summed E-state index contributed by atoms with van der Waals surface area (Å²) in [6.07, 6.45) is 0.911. The van der Waals surface area contributed by atoms with E-state index in [-0.39, 0.29) is 0 Å². The van der Waals surface area contributed by atoms with Gasteiger partial charge in [-0.25, -0.2) is 14.9 Å². The zero-order valence-electron chi connectivity index (χ0n) is 12.9. The summed E-state index contributed by atoms with van der Waals surface area (Å²) < 4.78 is 6.66. The van der Waals surface area contributed by atoms with Crippen molar-refractivity contribution in [3.63, 3.8) is 0 Å². The molecule has 1 aromatic heterocycles. The maximum absolute atomic E-state index is 11.6. The molecule has 0 radical (unpaired) electrons. The summed E-state index contributed by atoms with van der Waals surface area (Å²) in [7, 11) is 0. The Morgan fingerprint density at radius 2 is 2.14 bits per heavy atom. The van der Waals surface area contributed by atoms with Crippen LogP contribution in [0.4, 0.5) is 4.79 Å². The lowest BCUT2D eigenvalue weighted by Crippen LogP contribution is -2.30. The molecule has 0 aliphatic heterocycles. The molecular weight excluding hydrogens is 284 g/mol. The van der Waals surface area contributed by atoms with E-state index in [1.807, 2.05) is 24.3 Å². The fourth-order valence-electron chi connectivity index (χ4n) is 1.65. The van der Waals surface area contributed by atoms with E-state index in [2.05, 4.69) is 26.1 Å². The third-order valence-corrected chi connectivity index (χ3v) is 2.59. The first-order chi connectivity index (χ1) is 10.3. The van der Waals surface area contributed by atoms with Crippen LogP contribution in [0.25, 0.3) is 5.69 Å². The Kier molecular flexibility index (Phi) is 4.50. The molecule has 0 aliphatic carbocycles. The predicted molar refractivity (Wildman–Crippen MR) is 80.7 cm³/mol. The first-order valence-electron chi connectivity index (χ1n) is 6.72. The average Bonchev–Trinajstić information content (AvgIpc) is 2.97. The van der Waals surface area contributed by atoms with Crippen molar-refractivity contribution in [3.05, 3.63) is 36.2 Å². The second-order valence-electron chi connectivity index (χ2n) is 5.62. The monoisotopic (exact) mass is 302 g/mol. The van der Waals surface area contributed by atoms with Crippen LogP contribution in [0.2, 0.25) is 0 Å². The minimum Gasteiger partial charge on any atom is -0.443 e. The van der Waals surface area contributed by atoms with E-state index < -0.39 is 11.7 Å². The molecule has 0 bridgehead atoms. The number of carbonyl (C=O) groups is 1. The molecule has 1 aromatic carbocycles. The predicted octanol–water partition coefficient (Wildman–Crippen LogP) is 1.91. The van der Waals surface area contributed by atoms with E-state index in [9.17, 15) is 4.79 Å². The standard InChI is InChI=1S/C14H18N6O2/c1-10(16-17-13(21)22-14(2,3)4)11-6-5-7-12(8-11)20-9-15-18-19-20/h5-9H,1-4H3,(H,17,21)/b16-10+. The van der Waals surface area contributed by atoms with Crippen molar-refractivity contribution in [1.29, 1.82) is 0 Å². The normalized spacial score (nSPS) is 12.1. The number of aromatic nitrogens is 4. The molecule has 0 saturated heterocycles. The van der Waals surface area contributed by atoms with Crippen LogP contribution in [0.1, 0.15) is 33.3 Å². The molecule has 8 heteroatoms. The summed E-state index contributed by atoms with van der Waals surface area (Å²) in [5.41, 5.74) is 4.09. The van der Waals surface area contributed by atoms with Crippen molar-refractivity contribution in [2.24, 2.45) is 5.10 Å². The SMILES string of the molecule is C/C(=N\NC(=O)OC(C)(C)C)c1cccc(-n2cnnn2)c1. The summed E-state index contributed by atoms with van der Waals surface area (Å²) in [5, 5.41) is 15.1. The molecule has 0 fully saturated rings. The fraction of sp³-hybridized carbons (Fsp3) is 0.357. The van der Waals surface area contributed by atoms with E-state index in [1.165, 1.54) is 11.0 Å². The van der Waals surface area contributed by atoms with Gasteiger partial charge in [-0.3, -0.25) is 0 Å². The van der Waals surface area contributed by atoms with Gasteiger partial charge in [0.2, 0.25) is 0 Å². The summed E-state index contributed by atoms with van der Waals surface area (Å²) in [4.78, 5) is 11.6. The summed E-state index contributed by atoms with van der Waals surface area (Å²) in [5.74, 6) is 0. The Balaban J connectivity index is 2.09. The van der Waals surface area contributed by atoms with Gasteiger partial charge >= 0.3 is 6.09 Å². The number of rotatable bonds is 3. The van der Waals surface area contributed by atoms with Crippen LogP contribution in [-0.4, -0.2) is 37.6 Å². The first kappa shape index (κ1) is 15.6. The van der Waals surface area contributed by atoms with Crippen LogP contribution in [-0.2, 0) is 4.74 Å². The molecule has 0 atom stereocenters. The largest absolute Gasteiger partial charge is 0.443 e. The third-order valence-electron chi connectivity index (χ3n) is 2.59. The molecule has 1 N–H and O–H groups in total. The molecule has 116 valence electrons. The lowest BCUT2D eigenvalue weighted by atomic mass is 10.1. The Labute approximate surface area is 128 Å². The summed E-state index contributed by atoms with van der Waals surface area (Å²) >= 11 is 0. The van der Waals surface area contributed by atoms with Gasteiger partial charge in [0.1, 0.15) is 11.9 Å². The highest BCUT2D eigenvalue weighted by Gasteiger charge is 2.15. The molecule has 0 saturated carbocycles. The molecule has 0 unspecified atom stereocenters. The zero-order valence-corrected chi connectivity index (χ0v) is 12.9. The van der Waals surface area contributed by atoms with Crippen LogP contribution >= 0.6 is 0 Å². The minimum atomic E-state index is -0.594. The first-order valence-corrected chi connectivity index (χ1v) is 6.72. The number of tetrazole rings is 1. The zero-order chi connectivity index (χ0) is 16.2. The van der Waals surface area contributed by atoms with Gasteiger partial charge in [-0.2, -0.15) is 5.10 Å². The third kappa shape index (κ3) is 4.37. The van der Waals surface area contributed by atoms with Crippen LogP contribution in [0.15, 0.2) is 35.7 Å². The Bertz CT molecular complexity index is 673. The topological polar surface area (TPSA) is 94.3 Å². The molecule has 2 rings (SSSR count). The fourth-order valence-corrected chi connectivity index (χ4v) is 1.65. The second-order valence-corrected chi connectivity index (χ2v) is 5.62. The number of amides is 1. The summed E-state index contributed by atoms with van der Waals surface area (Å²) in [6, 6.07) is 7.47. The van der Waals surface area contributed by atoms with Gasteiger partial charge in [0.25, 0.3) is 0 Å². The maximum atomic E-state index is 11.6. The highest BCUT2D eigenvalue weighted by molar-refractivity contribution is 5.99. The van der Waals surface area contributed by atoms with E-state index in [0.29, 0.717) is 5.71 Å². The molecule has 2 aromatic rings. The van der Waals surface area contributed by atoms with Crippen LogP contribution in [0.3, 0.4) is 0 Å². The number of nitrogens with one attached hydrogen (secondary N) is 1. The second kappa shape index (κ2) is 6.33. The molecule has 1 heterocycles. The van der Waals surface area contributed by atoms with Crippen molar-refractivity contribution in [2.75, 3.05) is 0 Å². The average molecular weight is 302 g/mol. The lowest BCUT2D eigenvalue weighted by molar-refractivity contribution is 0.0529. The van der Waals surface area contributed by atoms with Crippen LogP contribution in [0, 0.1) is 0 Å². The van der Waals surface area contributed by atoms with Gasteiger partial charge in [0.15, 0.2) is 0 Å². The number of ether oxygens (including phenoxy) is 1. The van der Waals surface area contributed by atoms with Crippen LogP contribution in [0.5, 0.6) is 0 Å². The van der Waals surface area contributed by atoms with Crippen molar-refractivity contribution in [1.82, 2.24) is 25.6 Å². The smallest absolute Gasteiger partial charge is 0.428 e. The van der Waals surface area contributed by atoms with Gasteiger partial charge in [0, 0.05) is 0 Å². The Hall–Kier alpha value is -2.77. The van der Waals surface area contributed by atoms with Crippen molar-refractivity contribution in [2.45, 2.75) is 33.3 Å². The highest BCUT2D eigenvalue weighted by atomic mass is 16.6. The minimum absolute atomic E-state index is 0.562. The molecule has 1 amide bonds. The number of hydrogen-bond donors (Lipinski definition) is 1. The van der Waals surface area contributed by atoms with E-state index in [0.717, 1.165) is 11.3 Å². The number of hydrogen-bond acceptors (Lipinski definition) is 6. The van der Waals surface area contributed by atoms with Crippen molar-refractivity contribution < 1.29 is 9.53 Å². The molecule has 0 spiro atoms. The number of hydrazone groups is 1. The Morgan fingerprint density at radius 3 is 2.77 bits per heavy atom. The highest BCUT2D eigenvalue weighted by Crippen LogP contribution is 2.10. The quantitative estimate of drug-likeness (QED) is 0.690. The van der Waals surface area contributed by atoms with Crippen LogP contribution < -0.4 is 5.43 Å². The molecule has 0 aliphatic rings. The molecule has 8 nitrogen and oxygen atoms in total. The van der Waals surface area contributed by atoms with Crippen molar-refractivity contribution in [3.8, 4) is 5.69 Å². The van der Waals surface area contributed by atoms with Gasteiger partial charge < -0.3 is 4.74 Å². The van der Waals surface area contributed by atoms with E-state index >= 15 is 0 Å². The van der Waals surface area contributed by atoms with E-state index in [4.69, 9.17) is 4.74 Å². The number of nitrogens with zero attached hydrogens (tertiary/aromatic N) is 5. The number of benzene rings is 1. The number of carbonyl (C=O) groups excluding carboxylic acids is 1. The van der Waals surface area contributed by atoms with Gasteiger partial charge in [-0.05, 0) is 55.8 Å². The van der Waals surface area contributed by atoms with Gasteiger partial charge in [-0.1, -0.05) is 12.1 Å². The van der Waals surface area contributed by atoms with E-state index in [1.54, 1.807) is 27.7 Å². The molecular formula is C14H18N6O2. The lowest BCUT2D eigenvalue weighted by Gasteiger charge is -2.18. The summed E-state index contributed by atoms with van der Waals surface area (Å²) in [6.45, 7) is 7.16.